The summed E-state index contributed by atoms with van der Waals surface area (Å²) in [5.41, 5.74) is 3.64. The van der Waals surface area contributed by atoms with E-state index in [0.29, 0.717) is 30.1 Å². The number of thioether (sulfide) groups is 1. The minimum atomic E-state index is -4.14. The van der Waals surface area contributed by atoms with Crippen molar-refractivity contribution < 1.29 is 18.0 Å². The highest BCUT2D eigenvalue weighted by Gasteiger charge is 2.48. The van der Waals surface area contributed by atoms with Crippen molar-refractivity contribution in [3.8, 4) is 0 Å². The van der Waals surface area contributed by atoms with Gasteiger partial charge in [-0.1, -0.05) is 18.2 Å². The van der Waals surface area contributed by atoms with E-state index in [0.717, 1.165) is 52.9 Å². The number of halogens is 3. The molecule has 1 amide bonds. The van der Waals surface area contributed by atoms with E-state index in [1.807, 2.05) is 50.4 Å². The number of benzene rings is 1. The number of carbonyl (C=O) groups excluding carboxylic acids is 1. The maximum atomic E-state index is 13.6. The van der Waals surface area contributed by atoms with Crippen LogP contribution in [0.5, 0.6) is 0 Å². The van der Waals surface area contributed by atoms with Crippen LogP contribution in [0, 0.1) is 25.2 Å². The Balaban J connectivity index is 1.33. The van der Waals surface area contributed by atoms with Gasteiger partial charge in [-0.05, 0) is 76.2 Å². The zero-order chi connectivity index (χ0) is 28.8. The number of alkyl halides is 3. The Bertz CT molecular complexity index is 1460. The number of fused-ring (bicyclic) bond motifs is 1. The fourth-order valence-corrected chi connectivity index (χ4v) is 7.73. The van der Waals surface area contributed by atoms with Gasteiger partial charge in [0.2, 0.25) is 0 Å². The molecule has 5 rings (SSSR count). The molecule has 3 heterocycles. The molecule has 2 aliphatic rings. The Morgan fingerprint density at radius 1 is 1.20 bits per heavy atom. The summed E-state index contributed by atoms with van der Waals surface area (Å²) in [7, 11) is 0. The lowest BCUT2D eigenvalue weighted by atomic mass is 9.65. The number of hydrogen-bond acceptors (Lipinski definition) is 4. The number of rotatable bonds is 7. The van der Waals surface area contributed by atoms with E-state index >= 15 is 0 Å². The number of amides is 1. The largest absolute Gasteiger partial charge is 0.401 e. The third-order valence-corrected chi connectivity index (χ3v) is 9.76. The molecular formula is C30H37F3N4O2S. The second kappa shape index (κ2) is 10.9. The molecule has 10 heteroatoms. The fraction of sp³-hybridized carbons (Fsp3) is 0.533. The van der Waals surface area contributed by atoms with Gasteiger partial charge >= 0.3 is 6.18 Å². The minimum Gasteiger partial charge on any atom is -0.348 e. The average Bonchev–Trinajstić information content (AvgIpc) is 3.17. The van der Waals surface area contributed by atoms with Crippen LogP contribution in [-0.4, -0.2) is 52.4 Å². The van der Waals surface area contributed by atoms with E-state index in [1.54, 1.807) is 0 Å². The van der Waals surface area contributed by atoms with Crippen molar-refractivity contribution >= 4 is 28.6 Å². The Labute approximate surface area is 236 Å². The third-order valence-electron chi connectivity index (χ3n) is 8.96. The molecule has 1 spiro atoms. The van der Waals surface area contributed by atoms with Crippen molar-refractivity contribution in [3.63, 3.8) is 0 Å². The normalized spacial score (nSPS) is 18.7. The molecule has 2 aromatic heterocycles. The van der Waals surface area contributed by atoms with E-state index < -0.39 is 12.7 Å². The lowest BCUT2D eigenvalue weighted by Gasteiger charge is -2.54. The van der Waals surface area contributed by atoms with Crippen LogP contribution in [0.1, 0.15) is 66.0 Å². The molecule has 1 atom stereocenters. The zero-order valence-corrected chi connectivity index (χ0v) is 24.3. The number of likely N-dealkylation sites (tertiary alicyclic amines) is 1. The summed E-state index contributed by atoms with van der Waals surface area (Å²) in [5, 5.41) is 3.87. The van der Waals surface area contributed by atoms with Crippen molar-refractivity contribution in [3.05, 3.63) is 63.2 Å². The predicted octanol–water partition coefficient (Wildman–Crippen LogP) is 6.21. The first-order valence-electron chi connectivity index (χ1n) is 13.8. The summed E-state index contributed by atoms with van der Waals surface area (Å²) >= 11 is 1.48. The Morgan fingerprint density at radius 2 is 1.88 bits per heavy atom. The molecule has 6 nitrogen and oxygen atoms in total. The monoisotopic (exact) mass is 574 g/mol. The lowest BCUT2D eigenvalue weighted by Crippen LogP contribution is -2.59. The van der Waals surface area contributed by atoms with E-state index in [1.165, 1.54) is 16.7 Å². The molecule has 1 aliphatic carbocycles. The van der Waals surface area contributed by atoms with Gasteiger partial charge in [0.25, 0.3) is 11.5 Å². The minimum absolute atomic E-state index is 0.0176. The smallest absolute Gasteiger partial charge is 0.348 e. The zero-order valence-electron chi connectivity index (χ0n) is 23.5. The van der Waals surface area contributed by atoms with Gasteiger partial charge in [0.1, 0.15) is 0 Å². The second-order valence-corrected chi connectivity index (χ2v) is 12.5. The van der Waals surface area contributed by atoms with Gasteiger partial charge in [-0.25, -0.2) is 0 Å². The van der Waals surface area contributed by atoms with Gasteiger partial charge < -0.3 is 14.9 Å². The molecule has 2 N–H and O–H groups in total. The first-order valence-corrected chi connectivity index (χ1v) is 15.1. The number of H-pyrrole nitrogens is 1. The van der Waals surface area contributed by atoms with Crippen molar-refractivity contribution in [1.82, 2.24) is 19.8 Å². The highest BCUT2D eigenvalue weighted by molar-refractivity contribution is 7.98. The van der Waals surface area contributed by atoms with Crippen LogP contribution in [0.2, 0.25) is 0 Å². The second-order valence-electron chi connectivity index (χ2n) is 11.7. The quantitative estimate of drug-likeness (QED) is 0.329. The number of aryl methyl sites for hydroxylation is 1. The number of nitrogens with one attached hydrogen (secondary N) is 2. The van der Waals surface area contributed by atoms with Gasteiger partial charge in [0, 0.05) is 58.4 Å². The van der Waals surface area contributed by atoms with Gasteiger partial charge in [0.15, 0.2) is 0 Å². The van der Waals surface area contributed by atoms with Crippen LogP contribution in [0.3, 0.4) is 0 Å². The van der Waals surface area contributed by atoms with Crippen molar-refractivity contribution in [2.45, 2.75) is 70.1 Å². The average molecular weight is 575 g/mol. The first kappa shape index (κ1) is 28.8. The number of hydrogen-bond donors (Lipinski definition) is 2. The van der Waals surface area contributed by atoms with Gasteiger partial charge in [0.05, 0.1) is 12.1 Å². The molecule has 1 saturated heterocycles. The van der Waals surface area contributed by atoms with E-state index in [9.17, 15) is 22.8 Å². The van der Waals surface area contributed by atoms with Crippen LogP contribution in [0.4, 0.5) is 13.2 Å². The van der Waals surface area contributed by atoms with Gasteiger partial charge in [-0.2, -0.15) is 13.2 Å². The van der Waals surface area contributed by atoms with Crippen molar-refractivity contribution in [1.29, 1.82) is 0 Å². The topological polar surface area (TPSA) is 70.1 Å². The molecule has 1 aromatic carbocycles. The molecule has 2 fully saturated rings. The third kappa shape index (κ3) is 5.57. The van der Waals surface area contributed by atoms with Crippen LogP contribution >= 0.6 is 11.8 Å². The summed E-state index contributed by atoms with van der Waals surface area (Å²) in [4.78, 5) is 31.4. The predicted molar refractivity (Wildman–Crippen MR) is 153 cm³/mol. The highest BCUT2D eigenvalue weighted by atomic mass is 32.2. The van der Waals surface area contributed by atoms with Gasteiger partial charge in [-0.15, -0.1) is 11.8 Å². The van der Waals surface area contributed by atoms with E-state index in [4.69, 9.17) is 0 Å². The number of para-hydroxylation sites is 1. The number of carbonyl (C=O) groups is 1. The molecule has 1 aliphatic heterocycles. The molecule has 40 heavy (non-hydrogen) atoms. The van der Waals surface area contributed by atoms with Crippen LogP contribution in [-0.2, 0) is 6.54 Å². The Hall–Kier alpha value is -2.72. The number of pyridine rings is 1. The molecule has 216 valence electrons. The molecule has 0 unspecified atom stereocenters. The lowest BCUT2D eigenvalue weighted by molar-refractivity contribution is -0.174. The molecular weight excluding hydrogens is 537 g/mol. The molecule has 0 radical (unpaired) electrons. The number of aromatic nitrogens is 2. The Kier molecular flexibility index (Phi) is 7.87. The summed E-state index contributed by atoms with van der Waals surface area (Å²) in [6, 6.07) is 9.96. The first-order chi connectivity index (χ1) is 18.9. The summed E-state index contributed by atoms with van der Waals surface area (Å²) in [6.45, 7) is 6.39. The van der Waals surface area contributed by atoms with Gasteiger partial charge in [-0.3, -0.25) is 14.5 Å². The van der Waals surface area contributed by atoms with E-state index in [-0.39, 0.29) is 29.5 Å². The molecule has 3 aromatic rings. The van der Waals surface area contributed by atoms with Crippen LogP contribution in [0.15, 0.2) is 40.0 Å². The summed E-state index contributed by atoms with van der Waals surface area (Å²) in [5.74, 6) is 0.163. The standard InChI is InChI=1S/C30H37F3N4O2S/c1-18-13-25(40-4)23(27(38)35-18)14-34-28(39)26-20(3)37(24-8-6-5-7-22(24)26)19(2)21-9-11-29(12-10-21)15-36(16-29)17-30(31,32)33/h5-8,13,19,21H,9-12,14-17H2,1-4H3,(H,34,39)(H,35,38)/t19-/m1/s1. The Morgan fingerprint density at radius 3 is 2.52 bits per heavy atom. The molecule has 0 bridgehead atoms. The maximum absolute atomic E-state index is 13.6. The number of nitrogens with zero attached hydrogens (tertiary/aromatic N) is 2. The maximum Gasteiger partial charge on any atom is 0.401 e. The number of aromatic amines is 1. The van der Waals surface area contributed by atoms with Crippen molar-refractivity contribution in [2.75, 3.05) is 25.9 Å². The highest BCUT2D eigenvalue weighted by Crippen LogP contribution is 2.49. The summed E-state index contributed by atoms with van der Waals surface area (Å²) in [6.07, 6.45) is 1.56. The van der Waals surface area contributed by atoms with Crippen molar-refractivity contribution in [2.24, 2.45) is 11.3 Å². The molecule has 1 saturated carbocycles. The van der Waals surface area contributed by atoms with Crippen LogP contribution in [0.25, 0.3) is 10.9 Å². The van der Waals surface area contributed by atoms with E-state index in [2.05, 4.69) is 21.8 Å². The van der Waals surface area contributed by atoms with Crippen LogP contribution < -0.4 is 10.9 Å². The fourth-order valence-electron chi connectivity index (χ4n) is 7.03. The SMILES string of the molecule is CSc1cc(C)[nH]c(=O)c1CNC(=O)c1c(C)n([C@H](C)C2CCC3(CC2)CN(CC(F)(F)F)C3)c2ccccc12. The summed E-state index contributed by atoms with van der Waals surface area (Å²) < 4.78 is 40.6.